The monoisotopic (exact) mass is 262 g/mol. The van der Waals surface area contributed by atoms with Crippen molar-refractivity contribution in [3.63, 3.8) is 0 Å². The van der Waals surface area contributed by atoms with Gasteiger partial charge in [-0.05, 0) is 45.0 Å². The Balaban J connectivity index is 1.65. The van der Waals surface area contributed by atoms with E-state index >= 15 is 0 Å². The van der Waals surface area contributed by atoms with E-state index in [4.69, 9.17) is 4.74 Å². The van der Waals surface area contributed by atoms with Crippen molar-refractivity contribution in [2.45, 2.75) is 13.3 Å². The summed E-state index contributed by atoms with van der Waals surface area (Å²) in [5, 5.41) is 2.94. The van der Waals surface area contributed by atoms with Crippen LogP contribution < -0.4 is 10.1 Å². The number of ether oxygens (including phenoxy) is 1. The smallest absolute Gasteiger partial charge is 0.257 e. The van der Waals surface area contributed by atoms with E-state index in [1.165, 1.54) is 5.56 Å². The zero-order chi connectivity index (χ0) is 13.7. The zero-order valence-electron chi connectivity index (χ0n) is 11.7. The molecule has 1 saturated heterocycles. The molecule has 1 aliphatic heterocycles. The minimum Gasteiger partial charge on any atom is -0.484 e. The largest absolute Gasteiger partial charge is 0.484 e. The highest BCUT2D eigenvalue weighted by molar-refractivity contribution is 5.77. The standard InChI is InChI=1S/C15H22N2O2/c1-12-3-5-14(6-4-12)19-11-15(18)16-9-13-7-8-17(2)10-13/h3-6,13H,7-11H2,1-2H3,(H,16,18). The van der Waals surface area contributed by atoms with Gasteiger partial charge in [-0.3, -0.25) is 4.79 Å². The van der Waals surface area contributed by atoms with Crippen LogP contribution in [-0.2, 0) is 4.79 Å². The molecule has 0 saturated carbocycles. The molecule has 0 aliphatic carbocycles. The summed E-state index contributed by atoms with van der Waals surface area (Å²) >= 11 is 0. The number of carbonyl (C=O) groups excluding carboxylic acids is 1. The number of amides is 1. The lowest BCUT2D eigenvalue weighted by Gasteiger charge is -2.12. The van der Waals surface area contributed by atoms with Gasteiger partial charge in [0, 0.05) is 13.1 Å². The third-order valence-electron chi connectivity index (χ3n) is 3.47. The van der Waals surface area contributed by atoms with Crippen molar-refractivity contribution in [1.82, 2.24) is 10.2 Å². The van der Waals surface area contributed by atoms with Gasteiger partial charge in [-0.25, -0.2) is 0 Å². The van der Waals surface area contributed by atoms with Gasteiger partial charge < -0.3 is 15.0 Å². The Morgan fingerprint density at radius 1 is 1.42 bits per heavy atom. The molecule has 1 fully saturated rings. The summed E-state index contributed by atoms with van der Waals surface area (Å²) in [4.78, 5) is 14.0. The summed E-state index contributed by atoms with van der Waals surface area (Å²) in [7, 11) is 2.11. The molecule has 0 radical (unpaired) electrons. The number of likely N-dealkylation sites (tertiary alicyclic amines) is 1. The molecule has 1 aromatic carbocycles. The maximum Gasteiger partial charge on any atom is 0.257 e. The summed E-state index contributed by atoms with van der Waals surface area (Å²) in [6, 6.07) is 7.71. The van der Waals surface area contributed by atoms with Crippen molar-refractivity contribution in [2.75, 3.05) is 33.3 Å². The van der Waals surface area contributed by atoms with Gasteiger partial charge in [-0.1, -0.05) is 17.7 Å². The van der Waals surface area contributed by atoms with Gasteiger partial charge in [-0.15, -0.1) is 0 Å². The van der Waals surface area contributed by atoms with Crippen molar-refractivity contribution in [2.24, 2.45) is 5.92 Å². The Bertz CT molecular complexity index is 417. The van der Waals surface area contributed by atoms with Crippen LogP contribution in [0, 0.1) is 12.8 Å². The van der Waals surface area contributed by atoms with Crippen molar-refractivity contribution in [3.05, 3.63) is 29.8 Å². The van der Waals surface area contributed by atoms with Crippen LogP contribution in [0.3, 0.4) is 0 Å². The predicted octanol–water partition coefficient (Wildman–Crippen LogP) is 1.44. The number of hydrogen-bond donors (Lipinski definition) is 1. The fourth-order valence-corrected chi connectivity index (χ4v) is 2.29. The highest BCUT2D eigenvalue weighted by Crippen LogP contribution is 2.13. The van der Waals surface area contributed by atoms with Gasteiger partial charge in [-0.2, -0.15) is 0 Å². The number of nitrogens with zero attached hydrogens (tertiary/aromatic N) is 1. The van der Waals surface area contributed by atoms with Crippen LogP contribution in [0.25, 0.3) is 0 Å². The Hall–Kier alpha value is -1.55. The number of carbonyl (C=O) groups is 1. The molecule has 1 N–H and O–H groups in total. The van der Waals surface area contributed by atoms with Gasteiger partial charge in [0.25, 0.3) is 5.91 Å². The normalized spacial score (nSPS) is 19.4. The van der Waals surface area contributed by atoms with Crippen molar-refractivity contribution >= 4 is 5.91 Å². The maximum absolute atomic E-state index is 11.7. The van der Waals surface area contributed by atoms with Crippen molar-refractivity contribution in [1.29, 1.82) is 0 Å². The molecule has 19 heavy (non-hydrogen) atoms. The molecule has 4 heteroatoms. The molecule has 2 rings (SSSR count). The summed E-state index contributed by atoms with van der Waals surface area (Å²) in [5.41, 5.74) is 1.18. The zero-order valence-corrected chi connectivity index (χ0v) is 11.7. The van der Waals surface area contributed by atoms with E-state index in [0.29, 0.717) is 5.92 Å². The molecule has 0 spiro atoms. The summed E-state index contributed by atoms with van der Waals surface area (Å²) in [6.45, 7) is 5.06. The lowest BCUT2D eigenvalue weighted by Crippen LogP contribution is -2.33. The van der Waals surface area contributed by atoms with Crippen LogP contribution in [0.15, 0.2) is 24.3 Å². The molecule has 1 heterocycles. The minimum absolute atomic E-state index is 0.0462. The highest BCUT2D eigenvalue weighted by atomic mass is 16.5. The van der Waals surface area contributed by atoms with Gasteiger partial charge in [0.05, 0.1) is 0 Å². The molecule has 1 amide bonds. The molecule has 104 valence electrons. The molecule has 4 nitrogen and oxygen atoms in total. The number of aryl methyl sites for hydroxylation is 1. The van der Waals surface area contributed by atoms with Gasteiger partial charge >= 0.3 is 0 Å². The number of rotatable bonds is 5. The first-order chi connectivity index (χ1) is 9.13. The second-order valence-electron chi connectivity index (χ2n) is 5.32. The fourth-order valence-electron chi connectivity index (χ4n) is 2.29. The third-order valence-corrected chi connectivity index (χ3v) is 3.47. The van der Waals surface area contributed by atoms with Crippen LogP contribution in [0.5, 0.6) is 5.75 Å². The molecule has 1 atom stereocenters. The van der Waals surface area contributed by atoms with Gasteiger partial charge in [0.15, 0.2) is 6.61 Å². The lowest BCUT2D eigenvalue weighted by atomic mass is 10.1. The Labute approximate surface area is 114 Å². The van der Waals surface area contributed by atoms with E-state index < -0.39 is 0 Å². The van der Waals surface area contributed by atoms with Crippen LogP contribution in [0.1, 0.15) is 12.0 Å². The minimum atomic E-state index is -0.0462. The second-order valence-corrected chi connectivity index (χ2v) is 5.32. The Kier molecular flexibility index (Phi) is 4.80. The quantitative estimate of drug-likeness (QED) is 0.873. The van der Waals surface area contributed by atoms with Crippen LogP contribution in [0.4, 0.5) is 0 Å². The van der Waals surface area contributed by atoms with E-state index in [9.17, 15) is 4.79 Å². The molecule has 0 aromatic heterocycles. The van der Waals surface area contributed by atoms with E-state index in [1.807, 2.05) is 31.2 Å². The van der Waals surface area contributed by atoms with Crippen LogP contribution >= 0.6 is 0 Å². The third kappa shape index (κ3) is 4.56. The summed E-state index contributed by atoms with van der Waals surface area (Å²) in [6.07, 6.45) is 1.16. The molecule has 1 aliphatic rings. The first kappa shape index (κ1) is 13.9. The van der Waals surface area contributed by atoms with Crippen LogP contribution in [-0.4, -0.2) is 44.1 Å². The fraction of sp³-hybridized carbons (Fsp3) is 0.533. The molecule has 1 unspecified atom stereocenters. The Morgan fingerprint density at radius 2 is 2.16 bits per heavy atom. The van der Waals surface area contributed by atoms with E-state index in [-0.39, 0.29) is 12.5 Å². The van der Waals surface area contributed by atoms with E-state index in [2.05, 4.69) is 17.3 Å². The first-order valence-electron chi connectivity index (χ1n) is 6.78. The average molecular weight is 262 g/mol. The number of benzene rings is 1. The lowest BCUT2D eigenvalue weighted by molar-refractivity contribution is -0.123. The molecular weight excluding hydrogens is 240 g/mol. The first-order valence-corrected chi connectivity index (χ1v) is 6.78. The van der Waals surface area contributed by atoms with Gasteiger partial charge in [0.2, 0.25) is 0 Å². The number of nitrogens with one attached hydrogen (secondary N) is 1. The average Bonchev–Trinajstić information content (AvgIpc) is 2.81. The summed E-state index contributed by atoms with van der Waals surface area (Å²) < 4.78 is 5.44. The number of hydrogen-bond acceptors (Lipinski definition) is 3. The van der Waals surface area contributed by atoms with E-state index in [0.717, 1.165) is 31.8 Å². The SMILES string of the molecule is Cc1ccc(OCC(=O)NCC2CCN(C)C2)cc1. The van der Waals surface area contributed by atoms with E-state index in [1.54, 1.807) is 0 Å². The molecular formula is C15H22N2O2. The van der Waals surface area contributed by atoms with Crippen molar-refractivity contribution < 1.29 is 9.53 Å². The van der Waals surface area contributed by atoms with Crippen molar-refractivity contribution in [3.8, 4) is 5.75 Å². The predicted molar refractivity (Wildman–Crippen MR) is 75.3 cm³/mol. The highest BCUT2D eigenvalue weighted by Gasteiger charge is 2.19. The maximum atomic E-state index is 11.7. The summed E-state index contributed by atoms with van der Waals surface area (Å²) in [5.74, 6) is 1.27. The van der Waals surface area contributed by atoms with Gasteiger partial charge in [0.1, 0.15) is 5.75 Å². The Morgan fingerprint density at radius 3 is 2.79 bits per heavy atom. The van der Waals surface area contributed by atoms with Crippen LogP contribution in [0.2, 0.25) is 0 Å². The molecule has 0 bridgehead atoms. The topological polar surface area (TPSA) is 41.6 Å². The molecule has 1 aromatic rings. The second kappa shape index (κ2) is 6.57.